The molecule has 1 aromatic heterocycles. The van der Waals surface area contributed by atoms with Crippen LogP contribution in [0.2, 0.25) is 0 Å². The quantitative estimate of drug-likeness (QED) is 0.0775. The minimum absolute atomic E-state index is 0.00836. The number of carbonyl (C=O) groups excluding carboxylic acids is 1. The van der Waals surface area contributed by atoms with Crippen LogP contribution in [0.5, 0.6) is 0 Å². The van der Waals surface area contributed by atoms with Crippen molar-refractivity contribution in [1.29, 1.82) is 0 Å². The highest BCUT2D eigenvalue weighted by molar-refractivity contribution is 14.1. The molecule has 2 fully saturated rings. The Morgan fingerprint density at radius 2 is 1.91 bits per heavy atom. The average Bonchev–Trinajstić information content (AvgIpc) is 3.72. The van der Waals surface area contributed by atoms with Crippen molar-refractivity contribution in [1.82, 2.24) is 10.3 Å². The number of carbonyl (C=O) groups is 1. The summed E-state index contributed by atoms with van der Waals surface area (Å²) in [6, 6.07) is 1.96. The number of aromatic nitrogens is 1. The van der Waals surface area contributed by atoms with Crippen molar-refractivity contribution in [2.75, 3.05) is 16.7 Å². The minimum atomic E-state index is -0.0968. The van der Waals surface area contributed by atoms with E-state index in [-0.39, 0.29) is 23.6 Å². The van der Waals surface area contributed by atoms with Crippen LogP contribution < -0.4 is 8.85 Å². The number of halogens is 1. The third-order valence-electron chi connectivity index (χ3n) is 15.2. The van der Waals surface area contributed by atoms with Crippen molar-refractivity contribution in [3.63, 3.8) is 0 Å². The number of amides is 1. The maximum absolute atomic E-state index is 13.7. The Labute approximate surface area is 357 Å². The zero-order chi connectivity index (χ0) is 40.3. The molecule has 0 saturated heterocycles. The molecule has 310 valence electrons. The average molecular weight is 889 g/mol. The lowest BCUT2D eigenvalue weighted by molar-refractivity contribution is 0.0158. The third kappa shape index (κ3) is 9.75. The van der Waals surface area contributed by atoms with Gasteiger partial charge >= 0.3 is 0 Å². The van der Waals surface area contributed by atoms with Gasteiger partial charge in [-0.15, -0.1) is 0 Å². The topological polar surface area (TPSA) is 95.8 Å². The predicted molar refractivity (Wildman–Crippen MR) is 243 cm³/mol. The maximum atomic E-state index is 13.7. The van der Waals surface area contributed by atoms with Gasteiger partial charge in [-0.05, 0) is 155 Å². The van der Waals surface area contributed by atoms with Crippen LogP contribution in [0, 0.1) is 47.3 Å². The van der Waals surface area contributed by atoms with Crippen LogP contribution in [0.4, 0.5) is 5.82 Å². The lowest BCUT2D eigenvalue weighted by atomic mass is 9.62. The number of dihydropyridines is 1. The Morgan fingerprint density at radius 1 is 1.07 bits per heavy atom. The van der Waals surface area contributed by atoms with Crippen LogP contribution in [-0.4, -0.2) is 53.1 Å². The first-order chi connectivity index (χ1) is 27.5. The van der Waals surface area contributed by atoms with Crippen LogP contribution in [0.3, 0.4) is 0 Å². The van der Waals surface area contributed by atoms with Gasteiger partial charge in [0.2, 0.25) is 0 Å². The number of nitrogens with one attached hydrogen (secondary N) is 2. The standard InChI is InChI=1S/C49H69IN4O3/c1-7-30(2)42-24-38(21-22-55)46(42)32(4)12-11-31(3)33(5)35-17-19-37(20-18-35)36-15-13-34(14-16-36)29-57-45-10-8-9-44(45)53-48(56)43-25-40(27-51-47(43)54-50)39-23-41-26-49(41,6)52-28-39/h15,17,19,23-25,27-28,30-34,38,41,44-46,55H,7-14,16,18,20-22,26,29H2,1-6H3,(H,51,54)(H,53,56)/t30?,31-,32?,33?,34?,38?,41?,44+,45+,46?,49?/m1/s1. The molecule has 8 heteroatoms. The molecule has 5 aliphatic carbocycles. The monoisotopic (exact) mass is 888 g/mol. The van der Waals surface area contributed by atoms with E-state index in [9.17, 15) is 9.90 Å². The normalized spacial score (nSPS) is 31.3. The minimum Gasteiger partial charge on any atom is -0.396 e. The van der Waals surface area contributed by atoms with E-state index in [1.54, 1.807) is 16.7 Å². The fraction of sp³-hybridized carbons (Fsp3) is 0.653. The number of hydrogen-bond acceptors (Lipinski definition) is 6. The van der Waals surface area contributed by atoms with Gasteiger partial charge in [-0.25, -0.2) is 4.98 Å². The SMILES string of the molecule is CCC(C)C1=CC(CCO)C1C(C)CC[C@@H](C)C(C)C1=CC=C(C2=CCC(CO[C@H]3CCC[C@@H]3NC(=O)c3cc(C4=CC5CC5(C)N=C4)cnc3NI)CC2)CC1. The number of nitrogens with zero attached hydrogens (tertiary/aromatic N) is 2. The van der Waals surface area contributed by atoms with Gasteiger partial charge in [-0.1, -0.05) is 76.1 Å². The van der Waals surface area contributed by atoms with E-state index in [0.29, 0.717) is 65.3 Å². The number of allylic oxidation sites excluding steroid dienone is 9. The van der Waals surface area contributed by atoms with Crippen LogP contribution in [0.1, 0.15) is 141 Å². The van der Waals surface area contributed by atoms with E-state index in [0.717, 1.165) is 75.5 Å². The molecule has 2 heterocycles. The summed E-state index contributed by atoms with van der Waals surface area (Å²) in [6.45, 7) is 15.3. The van der Waals surface area contributed by atoms with E-state index >= 15 is 0 Å². The van der Waals surface area contributed by atoms with E-state index < -0.39 is 0 Å². The molecule has 1 amide bonds. The van der Waals surface area contributed by atoms with E-state index in [4.69, 9.17) is 9.73 Å². The third-order valence-corrected chi connectivity index (χ3v) is 15.7. The summed E-state index contributed by atoms with van der Waals surface area (Å²) in [5.74, 6) is 5.33. The first-order valence-electron chi connectivity index (χ1n) is 22.5. The van der Waals surface area contributed by atoms with Gasteiger partial charge in [-0.2, -0.15) is 0 Å². The Morgan fingerprint density at radius 3 is 2.61 bits per heavy atom. The van der Waals surface area contributed by atoms with Crippen LogP contribution in [-0.2, 0) is 4.74 Å². The first-order valence-corrected chi connectivity index (χ1v) is 23.6. The molecular weight excluding hydrogens is 819 g/mol. The van der Waals surface area contributed by atoms with Crippen molar-refractivity contribution in [2.24, 2.45) is 52.3 Å². The number of rotatable bonds is 18. The molecule has 0 aromatic carbocycles. The first kappa shape index (κ1) is 42.6. The maximum Gasteiger partial charge on any atom is 0.255 e. The number of anilines is 1. The molecule has 1 aromatic rings. The number of hydrogen-bond donors (Lipinski definition) is 3. The number of aliphatic hydroxyl groups is 1. The molecule has 2 saturated carbocycles. The summed E-state index contributed by atoms with van der Waals surface area (Å²) in [5.41, 5.74) is 8.97. The molecule has 3 N–H and O–H groups in total. The summed E-state index contributed by atoms with van der Waals surface area (Å²) in [5, 5.41) is 13.0. The second kappa shape index (κ2) is 18.8. The highest BCUT2D eigenvalue weighted by Gasteiger charge is 2.50. The Bertz CT molecular complexity index is 1810. The molecule has 0 bridgehead atoms. The molecule has 7 rings (SSSR count). The molecule has 7 nitrogen and oxygen atoms in total. The molecule has 0 radical (unpaired) electrons. The molecule has 57 heavy (non-hydrogen) atoms. The molecule has 6 aliphatic rings. The Kier molecular flexibility index (Phi) is 14.0. The van der Waals surface area contributed by atoms with Crippen molar-refractivity contribution >= 4 is 46.4 Å². The highest BCUT2D eigenvalue weighted by atomic mass is 127. The lowest BCUT2D eigenvalue weighted by Gasteiger charge is -2.43. The fourth-order valence-corrected chi connectivity index (χ4v) is 11.0. The van der Waals surface area contributed by atoms with Crippen molar-refractivity contribution in [2.45, 2.75) is 143 Å². The van der Waals surface area contributed by atoms with Gasteiger partial charge in [-0.3, -0.25) is 9.79 Å². The summed E-state index contributed by atoms with van der Waals surface area (Å²) < 4.78 is 9.68. The van der Waals surface area contributed by atoms with E-state index in [1.807, 2.05) is 18.5 Å². The number of aliphatic imine (C=N–C) groups is 1. The summed E-state index contributed by atoms with van der Waals surface area (Å²) >= 11 is 2.06. The lowest BCUT2D eigenvalue weighted by Crippen LogP contribution is -2.42. The van der Waals surface area contributed by atoms with Crippen LogP contribution in [0.25, 0.3) is 5.57 Å². The number of ether oxygens (including phenoxy) is 1. The van der Waals surface area contributed by atoms with Crippen molar-refractivity contribution < 1.29 is 14.6 Å². The molecule has 1 aliphatic heterocycles. The van der Waals surface area contributed by atoms with Gasteiger partial charge < -0.3 is 18.7 Å². The summed E-state index contributed by atoms with van der Waals surface area (Å²) in [7, 11) is 0. The molecule has 11 atom stereocenters. The molecule has 8 unspecified atom stereocenters. The number of aliphatic hydroxyl groups excluding tert-OH is 1. The fourth-order valence-electron chi connectivity index (χ4n) is 10.5. The van der Waals surface area contributed by atoms with Crippen molar-refractivity contribution in [3.8, 4) is 0 Å². The molecule has 0 spiro atoms. The number of fused-ring (bicyclic) bond motifs is 1. The zero-order valence-electron chi connectivity index (χ0n) is 35.5. The summed E-state index contributed by atoms with van der Waals surface area (Å²) in [6.07, 6.45) is 30.4. The van der Waals surface area contributed by atoms with Crippen LogP contribution in [0.15, 0.2) is 69.9 Å². The van der Waals surface area contributed by atoms with Gasteiger partial charge in [0.25, 0.3) is 5.91 Å². The highest BCUT2D eigenvalue weighted by Crippen LogP contribution is 2.51. The van der Waals surface area contributed by atoms with E-state index in [1.165, 1.54) is 31.3 Å². The van der Waals surface area contributed by atoms with Crippen LogP contribution >= 0.6 is 22.9 Å². The second-order valence-electron chi connectivity index (χ2n) is 18.9. The Balaban J connectivity index is 0.866. The van der Waals surface area contributed by atoms with Gasteiger partial charge in [0.15, 0.2) is 0 Å². The van der Waals surface area contributed by atoms with Gasteiger partial charge in [0, 0.05) is 30.5 Å². The smallest absolute Gasteiger partial charge is 0.255 e. The predicted octanol–water partition coefficient (Wildman–Crippen LogP) is 11.4. The largest absolute Gasteiger partial charge is 0.396 e. The number of pyridine rings is 1. The van der Waals surface area contributed by atoms with Gasteiger partial charge in [0.05, 0.1) is 52.7 Å². The molecular formula is C49H69IN4O3. The Hall–Kier alpha value is -2.56. The van der Waals surface area contributed by atoms with E-state index in [2.05, 4.69) is 109 Å². The second-order valence-corrected chi connectivity index (χ2v) is 19.5. The van der Waals surface area contributed by atoms with Gasteiger partial charge in [0.1, 0.15) is 5.82 Å². The zero-order valence-corrected chi connectivity index (χ0v) is 37.7. The summed E-state index contributed by atoms with van der Waals surface area (Å²) in [4.78, 5) is 23.1. The van der Waals surface area contributed by atoms with Crippen molar-refractivity contribution in [3.05, 3.63) is 76.1 Å².